The minimum absolute atomic E-state index is 0.000767. The minimum Gasteiger partial charge on any atom is -0.508 e. The quantitative estimate of drug-likeness (QED) is 0.0125. The normalized spacial score (nSPS) is 16.1. The van der Waals surface area contributed by atoms with Crippen LogP contribution >= 0.6 is 24.4 Å². The molecule has 1 aliphatic rings. The standard InChI is InChI=1S/C94H162N28O26S2/c1-46(2)39-62(83(137)106-50(9)76(130)120-74(51(10)123)89(143)105-44-71(129)107-61(32-38-150-12)82(136)108-59(24-19-36-104-94(102)103)80(134)115-65(42-69(100)127)86(140)119-73(49(7)8)93(147)148)113-78(132)56(21-13-16-33-95)109-84(138)63(40-47(3)4)117-91(145)75(52(11)124)121-87(141)66(43-70(101)128)116-81(135)60(30-31-68(99)126)110-77(131)58(23-15-18-35-97)112-90(144)72(48(5)6)118-85(139)64(41-53-26-28-54(125)29-27-53)114-79(133)57(22-14-17-34-96)111-88(142)67-25-20-37-122(67)92(146)55(98)45-149/h26-29,46-52,55-67,72-75,123-125,149H,13-25,30-45,95-98H2,1-12H3,(H2,99,126)(H2,100,127)(H2,101,128)(H,105,143)(H,106,137)(H,107,129)(H,108,136)(H,109,138)(H,110,131)(H,111,142)(H,112,144)(H,113,132)(H,114,133)(H,115,134)(H,116,135)(H,117,145)(H,118,139)(H,119,140)(H,120,130)(H,121,141)(H,147,148)(H4,102,103,104)/t50-,51+,52+,55-,56-,57-,58-,59-,60-,61-,62-,63-,64-,65-,66-,67-,72-,73-,74-,75-/m0/s1. The van der Waals surface area contributed by atoms with Crippen LogP contribution in [-0.4, -0.2) is 339 Å². The van der Waals surface area contributed by atoms with Crippen molar-refractivity contribution >= 4 is 160 Å². The van der Waals surface area contributed by atoms with Gasteiger partial charge in [0.15, 0.2) is 5.96 Å². The van der Waals surface area contributed by atoms with Crippen molar-refractivity contribution in [2.24, 2.45) is 69.5 Å². The molecular formula is C94H162N28O26S2. The number of nitrogens with two attached hydrogens (primary N) is 8. The average Bonchev–Trinajstić information content (AvgIpc) is 1.70. The molecule has 0 radical (unpaired) electrons. The molecule has 150 heavy (non-hydrogen) atoms. The number of aromatic hydroxyl groups is 1. The van der Waals surface area contributed by atoms with Gasteiger partial charge in [-0.05, 0) is 203 Å². The summed E-state index contributed by atoms with van der Waals surface area (Å²) >= 11 is 5.39. The molecule has 0 unspecified atom stereocenters. The number of carboxylic acid groups (broad SMARTS) is 1. The Hall–Kier alpha value is -12.9. The Balaban J connectivity index is 2.47. The van der Waals surface area contributed by atoms with Crippen LogP contribution in [0.25, 0.3) is 0 Å². The van der Waals surface area contributed by atoms with Crippen LogP contribution in [0, 0.1) is 29.1 Å². The van der Waals surface area contributed by atoms with E-state index in [0.29, 0.717) is 31.2 Å². The number of hydrogen-bond donors (Lipinski definition) is 32. The van der Waals surface area contributed by atoms with E-state index in [-0.39, 0.29) is 139 Å². The number of guanidine groups is 1. The first kappa shape index (κ1) is 133. The Morgan fingerprint density at radius 2 is 0.787 bits per heavy atom. The highest BCUT2D eigenvalue weighted by Gasteiger charge is 2.43. The number of phenolic OH excluding ortho intramolecular Hbond substituents is 1. The molecule has 1 heterocycles. The van der Waals surface area contributed by atoms with Crippen LogP contribution in [-0.2, 0) is 112 Å². The number of nitrogens with zero attached hydrogens (tertiary/aromatic N) is 1. The van der Waals surface area contributed by atoms with E-state index in [4.69, 9.17) is 51.3 Å². The molecule has 0 spiro atoms. The molecule has 39 N–H and O–H groups in total. The summed E-state index contributed by atoms with van der Waals surface area (Å²) in [5.41, 5.74) is 45.9. The maximum absolute atomic E-state index is 14.8. The van der Waals surface area contributed by atoms with Gasteiger partial charge in [0, 0.05) is 31.7 Å². The molecule has 0 saturated carbocycles. The van der Waals surface area contributed by atoms with Crippen molar-refractivity contribution < 1.29 is 126 Å². The Morgan fingerprint density at radius 1 is 0.420 bits per heavy atom. The molecule has 21 amide bonds. The van der Waals surface area contributed by atoms with Crippen LogP contribution in [0.15, 0.2) is 24.3 Å². The second-order valence-electron chi connectivity index (χ2n) is 38.5. The van der Waals surface area contributed by atoms with Gasteiger partial charge in [-0.3, -0.25) is 106 Å². The fourth-order valence-electron chi connectivity index (χ4n) is 15.5. The fraction of sp³-hybridized carbons (Fsp3) is 0.691. The number of aliphatic hydroxyl groups is 2. The largest absolute Gasteiger partial charge is 0.508 e. The van der Waals surface area contributed by atoms with Gasteiger partial charge in [-0.25, -0.2) is 4.79 Å². The third kappa shape index (κ3) is 49.7. The maximum Gasteiger partial charge on any atom is 0.326 e. The predicted octanol–water partition coefficient (Wildman–Crippen LogP) is -9.25. The van der Waals surface area contributed by atoms with Crippen molar-refractivity contribution in [3.05, 3.63) is 29.8 Å². The van der Waals surface area contributed by atoms with Gasteiger partial charge >= 0.3 is 5.97 Å². The number of unbranched alkanes of at least 4 members (excludes halogenated alkanes) is 3. The zero-order valence-electron chi connectivity index (χ0n) is 87.4. The zero-order valence-corrected chi connectivity index (χ0v) is 89.1. The molecule has 1 aromatic carbocycles. The monoisotopic (exact) mass is 2160 g/mol. The van der Waals surface area contributed by atoms with E-state index in [0.717, 1.165) is 13.8 Å². The van der Waals surface area contributed by atoms with Gasteiger partial charge in [-0.1, -0.05) is 67.5 Å². The van der Waals surface area contributed by atoms with Gasteiger partial charge in [-0.2, -0.15) is 24.4 Å². The molecular weight excluding hydrogens is 2000 g/mol. The number of primary amides is 3. The predicted molar refractivity (Wildman–Crippen MR) is 554 cm³/mol. The molecule has 0 bridgehead atoms. The van der Waals surface area contributed by atoms with Crippen LogP contribution in [0.2, 0.25) is 0 Å². The minimum atomic E-state index is -2.06. The van der Waals surface area contributed by atoms with Crippen LogP contribution < -0.4 is 142 Å². The highest BCUT2D eigenvalue weighted by molar-refractivity contribution is 7.98. The van der Waals surface area contributed by atoms with Crippen molar-refractivity contribution in [2.75, 3.05) is 57.0 Å². The Kier molecular flexibility index (Phi) is 61.7. The summed E-state index contributed by atoms with van der Waals surface area (Å²) in [4.78, 5) is 306. The summed E-state index contributed by atoms with van der Waals surface area (Å²) in [5.74, 6) is -25.4. The van der Waals surface area contributed by atoms with E-state index >= 15 is 0 Å². The van der Waals surface area contributed by atoms with Gasteiger partial charge < -0.3 is 167 Å². The van der Waals surface area contributed by atoms with Crippen molar-refractivity contribution in [1.29, 1.82) is 5.41 Å². The molecule has 0 aliphatic carbocycles. The van der Waals surface area contributed by atoms with Crippen molar-refractivity contribution in [3.63, 3.8) is 0 Å². The van der Waals surface area contributed by atoms with Gasteiger partial charge in [0.05, 0.1) is 37.6 Å². The molecule has 846 valence electrons. The molecule has 1 aromatic rings. The number of aliphatic carboxylic acids is 1. The number of thioether (sulfide) groups is 1. The molecule has 54 nitrogen and oxygen atoms in total. The van der Waals surface area contributed by atoms with Gasteiger partial charge in [0.2, 0.25) is 124 Å². The lowest BCUT2D eigenvalue weighted by Crippen LogP contribution is -2.62. The highest BCUT2D eigenvalue weighted by Crippen LogP contribution is 2.22. The number of hydrogen-bond acceptors (Lipinski definition) is 32. The summed E-state index contributed by atoms with van der Waals surface area (Å²) in [7, 11) is 0. The number of benzene rings is 1. The summed E-state index contributed by atoms with van der Waals surface area (Å²) in [6.45, 7) is 15.9. The van der Waals surface area contributed by atoms with Crippen LogP contribution in [0.1, 0.15) is 210 Å². The van der Waals surface area contributed by atoms with E-state index < -0.39 is 307 Å². The summed E-state index contributed by atoms with van der Waals surface area (Å²) in [5, 5.41) is 94.0. The number of aliphatic hydroxyl groups excluding tert-OH is 2. The molecule has 20 atom stereocenters. The molecule has 1 saturated heterocycles. The topological polar surface area (TPSA) is 908 Å². The first-order chi connectivity index (χ1) is 70.4. The third-order valence-corrected chi connectivity index (χ3v) is 24.9. The van der Waals surface area contributed by atoms with Gasteiger partial charge in [0.25, 0.3) is 0 Å². The third-order valence-electron chi connectivity index (χ3n) is 23.8. The number of thiol groups is 1. The first-order valence-corrected chi connectivity index (χ1v) is 52.2. The lowest BCUT2D eigenvalue weighted by atomic mass is 9.99. The first-order valence-electron chi connectivity index (χ1n) is 50.1. The highest BCUT2D eigenvalue weighted by atomic mass is 32.2. The Morgan fingerprint density at radius 3 is 1.21 bits per heavy atom. The molecule has 1 aliphatic heterocycles. The lowest BCUT2D eigenvalue weighted by molar-refractivity contribution is -0.144. The number of phenols is 1. The van der Waals surface area contributed by atoms with Gasteiger partial charge in [-0.15, -0.1) is 0 Å². The van der Waals surface area contributed by atoms with E-state index in [1.807, 2.05) is 0 Å². The number of carbonyl (C=O) groups is 22. The number of carbonyl (C=O) groups excluding carboxylic acids is 21. The summed E-state index contributed by atoms with van der Waals surface area (Å²) in [6, 6.07) is -22.3. The van der Waals surface area contributed by atoms with Gasteiger partial charge in [0.1, 0.15) is 108 Å². The van der Waals surface area contributed by atoms with Crippen LogP contribution in [0.4, 0.5) is 0 Å². The van der Waals surface area contributed by atoms with Crippen molar-refractivity contribution in [3.8, 4) is 5.75 Å². The Labute approximate surface area is 882 Å². The number of amides is 21. The molecule has 56 heteroatoms. The number of nitrogens with one attached hydrogen (secondary N) is 19. The van der Waals surface area contributed by atoms with Crippen molar-refractivity contribution in [2.45, 2.75) is 332 Å². The second-order valence-corrected chi connectivity index (χ2v) is 39.9. The summed E-state index contributed by atoms with van der Waals surface area (Å²) in [6.07, 6.45) is -3.61. The second kappa shape index (κ2) is 69.5. The molecule has 0 aromatic heterocycles. The van der Waals surface area contributed by atoms with Crippen LogP contribution in [0.3, 0.4) is 0 Å². The summed E-state index contributed by atoms with van der Waals surface area (Å²) < 4.78 is 0. The van der Waals surface area contributed by atoms with Crippen molar-refractivity contribution in [1.82, 2.24) is 101 Å². The van der Waals surface area contributed by atoms with E-state index in [1.54, 1.807) is 47.8 Å². The SMILES string of the molecule is CSCC[C@H](NC(=O)CNC(=O)[C@@H](NC(=O)[C@H](C)NC(=O)[C@H](CC(C)C)NC(=O)[C@H](CCCCN)NC(=O)[C@H](CC(C)C)NC(=O)[C@@H](NC(=O)[C@H](CC(N)=O)NC(=O)[C@H](CCC(N)=O)NC(=O)[C@H](CCCCN)NC(=O)[C@@H](NC(=O)[C@H](Cc1ccc(O)cc1)NC(=O)[C@H](CCCCN)NC(=O)[C@@H]1CCCN1C(=O)[C@@H](N)CS)C(C)C)[C@@H](C)O)[C@@H](C)O)C(=O)N[C@@H](CCCNC(=N)N)C(=O)N[C@@H](CC(N)=O)C(=O)N[C@H](C(=O)O)C(C)C. The number of likely N-dealkylation sites (tertiary alicyclic amines) is 1. The number of rotatable bonds is 73. The number of carboxylic acids is 1. The zero-order chi connectivity index (χ0) is 114. The Bertz CT molecular complexity index is 4680. The average molecular weight is 2160 g/mol. The lowest BCUT2D eigenvalue weighted by Gasteiger charge is -2.30. The maximum atomic E-state index is 14.8. The smallest absolute Gasteiger partial charge is 0.326 e. The molecule has 1 fully saturated rings. The molecule has 2 rings (SSSR count). The van der Waals surface area contributed by atoms with E-state index in [2.05, 4.69) is 108 Å². The van der Waals surface area contributed by atoms with Crippen LogP contribution in [0.5, 0.6) is 5.75 Å². The fourth-order valence-corrected chi connectivity index (χ4v) is 16.2. The van der Waals surface area contributed by atoms with E-state index in [9.17, 15) is 126 Å². The van der Waals surface area contributed by atoms with E-state index in [1.165, 1.54) is 61.7 Å².